The molecular formula is C51H98O5. The van der Waals surface area contributed by atoms with Crippen molar-refractivity contribution in [2.24, 2.45) is 0 Å². The van der Waals surface area contributed by atoms with Gasteiger partial charge in [0.2, 0.25) is 0 Å². The normalized spacial score (nSPS) is 12.1. The summed E-state index contributed by atoms with van der Waals surface area (Å²) in [6.45, 7) is 7.86. The third-order valence-corrected chi connectivity index (χ3v) is 11.3. The average Bonchev–Trinajstić information content (AvgIpc) is 3.20. The van der Waals surface area contributed by atoms with Gasteiger partial charge in [-0.05, 0) is 44.9 Å². The lowest BCUT2D eigenvalue weighted by Gasteiger charge is -2.18. The number of carbonyl (C=O) groups is 2. The summed E-state index contributed by atoms with van der Waals surface area (Å²) in [4.78, 5) is 25.3. The third-order valence-electron chi connectivity index (χ3n) is 11.3. The van der Waals surface area contributed by atoms with Crippen LogP contribution >= 0.6 is 0 Å². The van der Waals surface area contributed by atoms with Gasteiger partial charge in [0.25, 0.3) is 0 Å². The second-order valence-corrected chi connectivity index (χ2v) is 17.1. The number of hydrogen-bond donors (Lipinski definition) is 0. The van der Waals surface area contributed by atoms with Crippen molar-refractivity contribution in [2.45, 2.75) is 284 Å². The Kier molecular flexibility index (Phi) is 46.8. The van der Waals surface area contributed by atoms with Crippen molar-refractivity contribution in [3.63, 3.8) is 0 Å². The summed E-state index contributed by atoms with van der Waals surface area (Å²) in [7, 11) is 0. The molecule has 332 valence electrons. The van der Waals surface area contributed by atoms with Gasteiger partial charge in [-0.25, -0.2) is 0 Å². The minimum absolute atomic E-state index is 0.0930. The molecule has 56 heavy (non-hydrogen) atoms. The van der Waals surface area contributed by atoms with Gasteiger partial charge in [0.1, 0.15) is 6.61 Å². The number of esters is 2. The number of hydrogen-bond acceptors (Lipinski definition) is 5. The highest BCUT2D eigenvalue weighted by Gasteiger charge is 2.17. The summed E-state index contributed by atoms with van der Waals surface area (Å²) in [6, 6.07) is 0. The maximum absolute atomic E-state index is 12.7. The molecule has 1 atom stereocenters. The van der Waals surface area contributed by atoms with E-state index in [9.17, 15) is 9.59 Å². The van der Waals surface area contributed by atoms with Crippen molar-refractivity contribution in [1.29, 1.82) is 0 Å². The molecule has 0 bridgehead atoms. The maximum atomic E-state index is 12.7. The topological polar surface area (TPSA) is 61.8 Å². The van der Waals surface area contributed by atoms with Crippen molar-refractivity contribution in [1.82, 2.24) is 0 Å². The largest absolute Gasteiger partial charge is 0.462 e. The second-order valence-electron chi connectivity index (χ2n) is 17.1. The van der Waals surface area contributed by atoms with Crippen LogP contribution < -0.4 is 0 Å². The van der Waals surface area contributed by atoms with Gasteiger partial charge in [0.15, 0.2) is 6.10 Å². The number of ether oxygens (including phenoxy) is 3. The van der Waals surface area contributed by atoms with Gasteiger partial charge >= 0.3 is 11.9 Å². The maximum Gasteiger partial charge on any atom is 0.306 e. The average molecular weight is 791 g/mol. The van der Waals surface area contributed by atoms with Crippen molar-refractivity contribution in [3.8, 4) is 0 Å². The number of carbonyl (C=O) groups excluding carboxylic acids is 2. The molecule has 0 aromatic carbocycles. The minimum atomic E-state index is -0.525. The SMILES string of the molecule is CCCCCCCC/C=C\CCCCCCCCCCCC(=O)OCC(COCCCCCCCCCCCC)OC(=O)CCCCCCCCCCCCC. The summed E-state index contributed by atoms with van der Waals surface area (Å²) < 4.78 is 17.3. The van der Waals surface area contributed by atoms with Crippen LogP contribution in [0.1, 0.15) is 278 Å². The third kappa shape index (κ3) is 45.3. The lowest BCUT2D eigenvalue weighted by Crippen LogP contribution is -2.30. The standard InChI is InChI=1S/C51H98O5/c1-4-7-10-13-16-19-22-23-24-25-26-27-28-29-31-32-35-38-41-44-50(52)55-48-49(47-54-46-43-40-37-34-21-18-15-12-9-6-3)56-51(53)45-42-39-36-33-30-20-17-14-11-8-5-2/h23-24,49H,4-22,25-48H2,1-3H3/b24-23-. The zero-order valence-corrected chi connectivity index (χ0v) is 38.2. The fraction of sp³-hybridized carbons (Fsp3) is 0.922. The Bertz CT molecular complexity index is 810. The summed E-state index contributed by atoms with van der Waals surface area (Å²) in [5.41, 5.74) is 0. The number of allylic oxidation sites excluding steroid dienone is 2. The van der Waals surface area contributed by atoms with Crippen LogP contribution in [0.3, 0.4) is 0 Å². The molecule has 0 aliphatic carbocycles. The highest BCUT2D eigenvalue weighted by atomic mass is 16.6. The van der Waals surface area contributed by atoms with Crippen LogP contribution in [0.4, 0.5) is 0 Å². The Morgan fingerprint density at radius 2 is 0.696 bits per heavy atom. The molecule has 0 radical (unpaired) electrons. The molecule has 0 aromatic heterocycles. The monoisotopic (exact) mass is 791 g/mol. The molecule has 0 aromatic rings. The zero-order chi connectivity index (χ0) is 40.7. The van der Waals surface area contributed by atoms with Crippen LogP contribution in [0.15, 0.2) is 12.2 Å². The molecular weight excluding hydrogens is 693 g/mol. The molecule has 5 heteroatoms. The molecule has 0 N–H and O–H groups in total. The molecule has 0 heterocycles. The zero-order valence-electron chi connectivity index (χ0n) is 38.2. The Labute approximate surface area is 350 Å². The van der Waals surface area contributed by atoms with E-state index in [0.29, 0.717) is 26.1 Å². The van der Waals surface area contributed by atoms with Gasteiger partial charge in [-0.15, -0.1) is 0 Å². The van der Waals surface area contributed by atoms with E-state index in [0.717, 1.165) is 32.1 Å². The first-order chi connectivity index (χ1) is 27.6. The van der Waals surface area contributed by atoms with Crippen LogP contribution in [0.2, 0.25) is 0 Å². The van der Waals surface area contributed by atoms with Crippen molar-refractivity contribution >= 4 is 11.9 Å². The summed E-state index contributed by atoms with van der Waals surface area (Å²) >= 11 is 0. The Morgan fingerprint density at radius 3 is 1.09 bits per heavy atom. The van der Waals surface area contributed by atoms with E-state index < -0.39 is 6.10 Å². The van der Waals surface area contributed by atoms with E-state index >= 15 is 0 Å². The predicted molar refractivity (Wildman–Crippen MR) is 242 cm³/mol. The predicted octanol–water partition coefficient (Wildman–Crippen LogP) is 16.7. The number of unbranched alkanes of at least 4 members (excludes halogenated alkanes) is 34. The molecule has 0 fully saturated rings. The highest BCUT2D eigenvalue weighted by molar-refractivity contribution is 5.70. The molecule has 0 saturated heterocycles. The quantitative estimate of drug-likeness (QED) is 0.0349. The van der Waals surface area contributed by atoms with Crippen LogP contribution in [0.5, 0.6) is 0 Å². The Balaban J connectivity index is 4.11. The molecule has 0 spiro atoms. The first kappa shape index (κ1) is 54.6. The molecule has 0 saturated carbocycles. The van der Waals surface area contributed by atoms with Crippen molar-refractivity contribution < 1.29 is 23.8 Å². The van der Waals surface area contributed by atoms with E-state index in [-0.39, 0.29) is 18.5 Å². The van der Waals surface area contributed by atoms with Crippen molar-refractivity contribution in [2.75, 3.05) is 19.8 Å². The van der Waals surface area contributed by atoms with Crippen LogP contribution in [0.25, 0.3) is 0 Å². The van der Waals surface area contributed by atoms with Gasteiger partial charge in [0.05, 0.1) is 6.61 Å². The van der Waals surface area contributed by atoms with E-state index in [1.54, 1.807) is 0 Å². The fourth-order valence-corrected chi connectivity index (χ4v) is 7.51. The Morgan fingerprint density at radius 1 is 0.375 bits per heavy atom. The smallest absolute Gasteiger partial charge is 0.306 e. The van der Waals surface area contributed by atoms with E-state index in [4.69, 9.17) is 14.2 Å². The molecule has 0 amide bonds. The van der Waals surface area contributed by atoms with E-state index in [2.05, 4.69) is 32.9 Å². The van der Waals surface area contributed by atoms with Gasteiger partial charge in [-0.3, -0.25) is 9.59 Å². The highest BCUT2D eigenvalue weighted by Crippen LogP contribution is 2.15. The Hall–Kier alpha value is -1.36. The van der Waals surface area contributed by atoms with E-state index in [1.165, 1.54) is 212 Å². The fourth-order valence-electron chi connectivity index (χ4n) is 7.51. The van der Waals surface area contributed by atoms with Gasteiger partial charge in [-0.1, -0.05) is 232 Å². The van der Waals surface area contributed by atoms with Gasteiger partial charge < -0.3 is 14.2 Å². The van der Waals surface area contributed by atoms with Gasteiger partial charge in [0, 0.05) is 19.4 Å². The molecule has 0 aliphatic rings. The first-order valence-electron chi connectivity index (χ1n) is 25.2. The first-order valence-corrected chi connectivity index (χ1v) is 25.2. The minimum Gasteiger partial charge on any atom is -0.462 e. The number of rotatable bonds is 47. The van der Waals surface area contributed by atoms with Crippen molar-refractivity contribution in [3.05, 3.63) is 12.2 Å². The molecule has 5 nitrogen and oxygen atoms in total. The lowest BCUT2D eigenvalue weighted by atomic mass is 10.1. The summed E-state index contributed by atoms with van der Waals surface area (Å²) in [6.07, 6.45) is 53.6. The molecule has 1 unspecified atom stereocenters. The molecule has 0 rings (SSSR count). The molecule has 0 aliphatic heterocycles. The second kappa shape index (κ2) is 48.0. The van der Waals surface area contributed by atoms with Crippen LogP contribution in [-0.4, -0.2) is 37.9 Å². The summed E-state index contributed by atoms with van der Waals surface area (Å²) in [5.74, 6) is -0.382. The van der Waals surface area contributed by atoms with Gasteiger partial charge in [-0.2, -0.15) is 0 Å². The summed E-state index contributed by atoms with van der Waals surface area (Å²) in [5, 5.41) is 0. The van der Waals surface area contributed by atoms with Crippen LogP contribution in [-0.2, 0) is 23.8 Å². The van der Waals surface area contributed by atoms with Crippen LogP contribution in [0, 0.1) is 0 Å². The van der Waals surface area contributed by atoms with E-state index in [1.807, 2.05) is 0 Å². The lowest BCUT2D eigenvalue weighted by molar-refractivity contribution is -0.163.